The average Bonchev–Trinajstić information content (AvgIpc) is 2.94. The number of carbonyl (C=O) groups excluding carboxylic acids is 2. The quantitative estimate of drug-likeness (QED) is 0.642. The molecule has 5 heteroatoms. The normalized spacial score (nSPS) is 31.6. The molecule has 144 valence electrons. The lowest BCUT2D eigenvalue weighted by molar-refractivity contribution is -0.142. The number of fused-ring (bicyclic) bond motifs is 5. The van der Waals surface area contributed by atoms with E-state index in [9.17, 15) is 14.4 Å². The molecule has 0 unspecified atom stereocenters. The van der Waals surface area contributed by atoms with Crippen LogP contribution in [0.1, 0.15) is 68.9 Å². The minimum absolute atomic E-state index is 0.113. The monoisotopic (exact) mass is 370 g/mol. The Morgan fingerprint density at radius 2 is 2.00 bits per heavy atom. The minimum Gasteiger partial charge on any atom is -0.481 e. The molecule has 1 aromatic carbocycles. The first-order chi connectivity index (χ1) is 12.9. The first kappa shape index (κ1) is 18.2. The molecule has 5 nitrogen and oxygen atoms in total. The van der Waals surface area contributed by atoms with Gasteiger partial charge < -0.3 is 9.84 Å². The highest BCUT2D eigenvalue weighted by Gasteiger charge is 2.54. The van der Waals surface area contributed by atoms with E-state index in [4.69, 9.17) is 9.84 Å². The van der Waals surface area contributed by atoms with Crippen molar-refractivity contribution in [2.45, 2.75) is 64.2 Å². The summed E-state index contributed by atoms with van der Waals surface area (Å²) in [4.78, 5) is 34.8. The van der Waals surface area contributed by atoms with Gasteiger partial charge >= 0.3 is 11.9 Å². The standard InChI is InChI=1S/C22H26O5/c1-22-11-10-16-15-5-3-14(27-21(26)9-8-20(24)25)12-13(15)2-4-17(16)18(22)6-7-19(22)23/h3,5,12,16-18H,2,4,6-11H2,1H3,(H,24,25)/t16-,17-,18+,22+/m1/s1. The van der Waals surface area contributed by atoms with Gasteiger partial charge in [0.1, 0.15) is 11.5 Å². The first-order valence-electron chi connectivity index (χ1n) is 9.97. The number of hydrogen-bond donors (Lipinski definition) is 1. The molecule has 3 aliphatic rings. The molecule has 3 aliphatic carbocycles. The predicted molar refractivity (Wildman–Crippen MR) is 98.6 cm³/mol. The molecule has 4 rings (SSSR count). The molecule has 0 saturated heterocycles. The molecular weight excluding hydrogens is 344 g/mol. The number of carbonyl (C=O) groups is 3. The average molecular weight is 370 g/mol. The largest absolute Gasteiger partial charge is 0.481 e. The molecule has 0 aromatic heterocycles. The summed E-state index contributed by atoms with van der Waals surface area (Å²) in [6.45, 7) is 2.18. The Balaban J connectivity index is 1.50. The van der Waals surface area contributed by atoms with Gasteiger partial charge in [-0.25, -0.2) is 0 Å². The topological polar surface area (TPSA) is 80.7 Å². The lowest BCUT2D eigenvalue weighted by Crippen LogP contribution is -2.42. The van der Waals surface area contributed by atoms with Crippen molar-refractivity contribution in [3.05, 3.63) is 29.3 Å². The van der Waals surface area contributed by atoms with Crippen LogP contribution < -0.4 is 4.74 Å². The Morgan fingerprint density at radius 3 is 2.78 bits per heavy atom. The zero-order chi connectivity index (χ0) is 19.2. The predicted octanol–water partition coefficient (Wildman–Crippen LogP) is 3.88. The highest BCUT2D eigenvalue weighted by molar-refractivity contribution is 5.87. The van der Waals surface area contributed by atoms with Crippen LogP contribution in [-0.2, 0) is 20.8 Å². The maximum atomic E-state index is 12.4. The number of Topliss-reactive ketones (excluding diaryl/α,β-unsaturated/α-hetero) is 1. The smallest absolute Gasteiger partial charge is 0.311 e. The van der Waals surface area contributed by atoms with Crippen molar-refractivity contribution >= 4 is 17.7 Å². The molecular formula is C22H26O5. The summed E-state index contributed by atoms with van der Waals surface area (Å²) in [6.07, 6.45) is 5.49. The fourth-order valence-electron chi connectivity index (χ4n) is 5.78. The molecule has 1 aromatic rings. The van der Waals surface area contributed by atoms with Gasteiger partial charge in [-0.2, -0.15) is 0 Å². The lowest BCUT2D eigenvalue weighted by Gasteiger charge is -2.48. The van der Waals surface area contributed by atoms with Gasteiger partial charge in [-0.05, 0) is 73.1 Å². The number of hydrogen-bond acceptors (Lipinski definition) is 4. The van der Waals surface area contributed by atoms with E-state index in [-0.39, 0.29) is 18.3 Å². The Hall–Kier alpha value is -2.17. The summed E-state index contributed by atoms with van der Waals surface area (Å²) in [5, 5.41) is 8.67. The van der Waals surface area contributed by atoms with Crippen LogP contribution in [0.15, 0.2) is 18.2 Å². The van der Waals surface area contributed by atoms with Gasteiger partial charge in [0.15, 0.2) is 0 Å². The van der Waals surface area contributed by atoms with Gasteiger partial charge in [0, 0.05) is 11.8 Å². The van der Waals surface area contributed by atoms with Gasteiger partial charge in [-0.1, -0.05) is 13.0 Å². The van der Waals surface area contributed by atoms with Crippen molar-refractivity contribution in [3.63, 3.8) is 0 Å². The summed E-state index contributed by atoms with van der Waals surface area (Å²) in [7, 11) is 0. The van der Waals surface area contributed by atoms with Crippen molar-refractivity contribution in [2.24, 2.45) is 17.3 Å². The SMILES string of the molecule is C[C@]12CC[C@@H]3c4ccc(OC(=O)CCC(=O)O)cc4CC[C@H]3[C@@H]1CCC2=O. The van der Waals surface area contributed by atoms with Crippen molar-refractivity contribution in [1.82, 2.24) is 0 Å². The molecule has 4 atom stereocenters. The minimum atomic E-state index is -1.00. The number of carboxylic acids is 1. The van der Waals surface area contributed by atoms with E-state index in [2.05, 4.69) is 13.0 Å². The van der Waals surface area contributed by atoms with Crippen LogP contribution in [0, 0.1) is 17.3 Å². The molecule has 0 bridgehead atoms. The zero-order valence-electron chi connectivity index (χ0n) is 15.7. The van der Waals surface area contributed by atoms with Crippen LogP contribution in [0.3, 0.4) is 0 Å². The van der Waals surface area contributed by atoms with Crippen LogP contribution in [0.4, 0.5) is 0 Å². The number of ketones is 1. The van der Waals surface area contributed by atoms with E-state index in [1.165, 1.54) is 11.1 Å². The Morgan fingerprint density at radius 1 is 1.19 bits per heavy atom. The number of benzene rings is 1. The molecule has 2 fully saturated rings. The summed E-state index contributed by atoms with van der Waals surface area (Å²) in [5.74, 6) is 1.02. The molecule has 0 spiro atoms. The summed E-state index contributed by atoms with van der Waals surface area (Å²) >= 11 is 0. The van der Waals surface area contributed by atoms with Crippen molar-refractivity contribution in [1.29, 1.82) is 0 Å². The lowest BCUT2D eigenvalue weighted by atomic mass is 9.55. The molecule has 0 amide bonds. The number of aliphatic carboxylic acids is 1. The number of esters is 1. The Bertz CT molecular complexity index is 798. The maximum absolute atomic E-state index is 12.4. The molecule has 2 saturated carbocycles. The van der Waals surface area contributed by atoms with Gasteiger partial charge in [-0.15, -0.1) is 0 Å². The summed E-state index contributed by atoms with van der Waals surface area (Å²) in [6, 6.07) is 5.84. The summed E-state index contributed by atoms with van der Waals surface area (Å²) < 4.78 is 5.32. The van der Waals surface area contributed by atoms with Crippen molar-refractivity contribution in [3.8, 4) is 5.75 Å². The van der Waals surface area contributed by atoms with E-state index in [1.54, 1.807) is 0 Å². The van der Waals surface area contributed by atoms with Gasteiger partial charge in [0.2, 0.25) is 0 Å². The molecule has 1 N–H and O–H groups in total. The molecule has 0 aliphatic heterocycles. The van der Waals surface area contributed by atoms with Crippen LogP contribution >= 0.6 is 0 Å². The number of ether oxygens (including phenoxy) is 1. The third kappa shape index (κ3) is 3.17. The summed E-state index contributed by atoms with van der Waals surface area (Å²) in [5.41, 5.74) is 2.46. The van der Waals surface area contributed by atoms with Crippen molar-refractivity contribution < 1.29 is 24.2 Å². The highest BCUT2D eigenvalue weighted by Crippen LogP contribution is 2.59. The zero-order valence-corrected chi connectivity index (χ0v) is 15.7. The molecule has 0 radical (unpaired) electrons. The Kier molecular flexibility index (Phi) is 4.57. The van der Waals surface area contributed by atoms with Crippen LogP contribution in [0.5, 0.6) is 5.75 Å². The van der Waals surface area contributed by atoms with Gasteiger partial charge in [0.25, 0.3) is 0 Å². The van der Waals surface area contributed by atoms with Crippen molar-refractivity contribution in [2.75, 3.05) is 0 Å². The third-order valence-electron chi connectivity index (χ3n) is 7.18. The number of aryl methyl sites for hydroxylation is 1. The van der Waals surface area contributed by atoms with E-state index in [0.29, 0.717) is 29.3 Å². The van der Waals surface area contributed by atoms with Gasteiger partial charge in [0.05, 0.1) is 12.8 Å². The number of carboxylic acid groups (broad SMARTS) is 1. The first-order valence-corrected chi connectivity index (χ1v) is 9.97. The van der Waals surface area contributed by atoms with E-state index >= 15 is 0 Å². The Labute approximate surface area is 159 Å². The maximum Gasteiger partial charge on any atom is 0.311 e. The van der Waals surface area contributed by atoms with Crippen LogP contribution in [-0.4, -0.2) is 22.8 Å². The van der Waals surface area contributed by atoms with Crippen LogP contribution in [0.25, 0.3) is 0 Å². The fourth-order valence-corrected chi connectivity index (χ4v) is 5.78. The molecule has 27 heavy (non-hydrogen) atoms. The second-order valence-electron chi connectivity index (χ2n) is 8.56. The van der Waals surface area contributed by atoms with E-state index < -0.39 is 11.9 Å². The number of rotatable bonds is 4. The second kappa shape index (κ2) is 6.77. The fraction of sp³-hybridized carbons (Fsp3) is 0.591. The third-order valence-corrected chi connectivity index (χ3v) is 7.18. The van der Waals surface area contributed by atoms with E-state index in [1.807, 2.05) is 12.1 Å². The molecule has 0 heterocycles. The highest BCUT2D eigenvalue weighted by atomic mass is 16.5. The van der Waals surface area contributed by atoms with E-state index in [0.717, 1.165) is 38.5 Å². The van der Waals surface area contributed by atoms with Gasteiger partial charge in [-0.3, -0.25) is 14.4 Å². The van der Waals surface area contributed by atoms with Crippen LogP contribution in [0.2, 0.25) is 0 Å². The second-order valence-corrected chi connectivity index (χ2v) is 8.56.